The van der Waals surface area contributed by atoms with Crippen LogP contribution in [0.3, 0.4) is 0 Å². The van der Waals surface area contributed by atoms with E-state index in [1.165, 1.54) is 7.11 Å². The summed E-state index contributed by atoms with van der Waals surface area (Å²) < 4.78 is 4.44. The average Bonchev–Trinajstić information content (AvgIpc) is 2.16. The quantitative estimate of drug-likeness (QED) is 0.165. The van der Waals surface area contributed by atoms with Crippen LogP contribution >= 0.6 is 11.6 Å². The van der Waals surface area contributed by atoms with Gasteiger partial charge in [-0.25, -0.2) is 0 Å². The summed E-state index contributed by atoms with van der Waals surface area (Å²) in [5, 5.41) is 10.1. The van der Waals surface area contributed by atoms with Gasteiger partial charge in [0.15, 0.2) is 0 Å². The zero-order valence-electron chi connectivity index (χ0n) is 8.07. The molecule has 0 aliphatic carbocycles. The van der Waals surface area contributed by atoms with Gasteiger partial charge in [-0.05, 0) is 24.4 Å². The number of hydrogen-bond acceptors (Lipinski definition) is 4. The molecule has 0 N–H and O–H groups in total. The second-order valence-corrected chi connectivity index (χ2v) is 3.40. The van der Waals surface area contributed by atoms with Crippen LogP contribution in [0.15, 0.2) is 0 Å². The Bertz CT molecular complexity index is 198. The van der Waals surface area contributed by atoms with Crippen LogP contribution in [0.2, 0.25) is 0 Å². The molecule has 1 atom stereocenters. The lowest BCUT2D eigenvalue weighted by Gasteiger charge is -2.01. The molecule has 0 rings (SSSR count). The molecule has 0 spiro atoms. The molecule has 0 aromatic heterocycles. The minimum absolute atomic E-state index is 0.248. The number of carbonyl (C=O) groups excluding carboxylic acids is 1. The van der Waals surface area contributed by atoms with Crippen molar-refractivity contribution in [1.29, 1.82) is 0 Å². The van der Waals surface area contributed by atoms with Crippen LogP contribution < -0.4 is 0 Å². The molecule has 0 fully saturated rings. The SMILES string of the molecule is COC(=O)CCCCCC(Cl)[N+](=O)[O-]. The molecule has 14 heavy (non-hydrogen) atoms. The van der Waals surface area contributed by atoms with E-state index in [0.29, 0.717) is 25.7 Å². The number of ether oxygens (including phenoxy) is 1. The zero-order chi connectivity index (χ0) is 11.0. The summed E-state index contributed by atoms with van der Waals surface area (Å²) in [5.74, 6) is -0.248. The Morgan fingerprint density at radius 2 is 2.14 bits per heavy atom. The molecule has 82 valence electrons. The fraction of sp³-hybridized carbons (Fsp3) is 0.875. The summed E-state index contributed by atoms with van der Waals surface area (Å²) >= 11 is 5.39. The van der Waals surface area contributed by atoms with Crippen molar-refractivity contribution >= 4 is 17.6 Å². The molecule has 0 saturated carbocycles. The lowest BCUT2D eigenvalue weighted by molar-refractivity contribution is -0.499. The first-order valence-corrected chi connectivity index (χ1v) is 4.86. The lowest BCUT2D eigenvalue weighted by atomic mass is 10.1. The number of hydrogen-bond donors (Lipinski definition) is 0. The van der Waals surface area contributed by atoms with Gasteiger partial charge < -0.3 is 4.74 Å². The minimum atomic E-state index is -1.01. The molecule has 0 heterocycles. The second-order valence-electron chi connectivity index (χ2n) is 2.90. The van der Waals surface area contributed by atoms with E-state index in [-0.39, 0.29) is 5.97 Å². The number of unbranched alkanes of at least 4 members (excludes halogenated alkanes) is 2. The van der Waals surface area contributed by atoms with Crippen LogP contribution in [-0.2, 0) is 9.53 Å². The maximum Gasteiger partial charge on any atom is 0.305 e. The van der Waals surface area contributed by atoms with Crippen LogP contribution in [0.5, 0.6) is 0 Å². The van der Waals surface area contributed by atoms with Crippen molar-refractivity contribution in [3.8, 4) is 0 Å². The first-order valence-electron chi connectivity index (χ1n) is 4.42. The Labute approximate surface area is 87.5 Å². The van der Waals surface area contributed by atoms with E-state index in [1.807, 2.05) is 0 Å². The molecule has 0 bridgehead atoms. The van der Waals surface area contributed by atoms with Crippen molar-refractivity contribution in [2.24, 2.45) is 0 Å². The Hall–Kier alpha value is -0.840. The summed E-state index contributed by atoms with van der Waals surface area (Å²) in [7, 11) is 1.34. The number of halogens is 1. The molecule has 0 saturated heterocycles. The van der Waals surface area contributed by atoms with Gasteiger partial charge in [-0.15, -0.1) is 0 Å². The molecule has 1 unspecified atom stereocenters. The molecule has 0 radical (unpaired) electrons. The molecule has 0 aliphatic heterocycles. The van der Waals surface area contributed by atoms with Crippen LogP contribution in [0.25, 0.3) is 0 Å². The number of nitrogens with zero attached hydrogens (tertiary/aromatic N) is 1. The van der Waals surface area contributed by atoms with Crippen LogP contribution in [-0.4, -0.2) is 23.5 Å². The molecule has 5 nitrogen and oxygen atoms in total. The first-order chi connectivity index (χ1) is 6.57. The van der Waals surface area contributed by atoms with E-state index in [4.69, 9.17) is 11.6 Å². The van der Waals surface area contributed by atoms with E-state index in [0.717, 1.165) is 6.42 Å². The lowest BCUT2D eigenvalue weighted by Crippen LogP contribution is -2.11. The largest absolute Gasteiger partial charge is 0.469 e. The number of nitro groups is 1. The molecule has 0 aromatic carbocycles. The van der Waals surface area contributed by atoms with Crippen molar-refractivity contribution in [1.82, 2.24) is 0 Å². The third kappa shape index (κ3) is 6.65. The number of rotatable bonds is 7. The summed E-state index contributed by atoms with van der Waals surface area (Å²) in [5.41, 5.74) is -1.01. The Morgan fingerprint density at radius 3 is 2.64 bits per heavy atom. The van der Waals surface area contributed by atoms with Crippen LogP contribution in [0.1, 0.15) is 32.1 Å². The first kappa shape index (κ1) is 13.2. The van der Waals surface area contributed by atoms with Crippen molar-refractivity contribution in [2.75, 3.05) is 7.11 Å². The molecule has 6 heteroatoms. The summed E-state index contributed by atoms with van der Waals surface area (Å²) in [6.45, 7) is 0. The van der Waals surface area contributed by atoms with Gasteiger partial charge in [0.2, 0.25) is 0 Å². The summed E-state index contributed by atoms with van der Waals surface area (Å²) in [6.07, 6.45) is 2.81. The zero-order valence-corrected chi connectivity index (χ0v) is 8.83. The molecular weight excluding hydrogens is 210 g/mol. The average molecular weight is 224 g/mol. The third-order valence-electron chi connectivity index (χ3n) is 1.78. The normalized spacial score (nSPS) is 12.1. The third-order valence-corrected chi connectivity index (χ3v) is 2.16. The van der Waals surface area contributed by atoms with Gasteiger partial charge in [-0.3, -0.25) is 14.9 Å². The van der Waals surface area contributed by atoms with E-state index in [2.05, 4.69) is 4.74 Å². The number of alkyl halides is 1. The van der Waals surface area contributed by atoms with Crippen LogP contribution in [0, 0.1) is 10.1 Å². The Kier molecular flexibility index (Phi) is 7.10. The van der Waals surface area contributed by atoms with E-state index in [1.54, 1.807) is 0 Å². The highest BCUT2D eigenvalue weighted by Gasteiger charge is 2.14. The second kappa shape index (κ2) is 7.55. The predicted octanol–water partition coefficient (Wildman–Crippen LogP) is 1.95. The standard InChI is InChI=1S/C8H14ClNO4/c1-14-8(11)6-4-2-3-5-7(9)10(12)13/h7H,2-6H2,1H3. The molecule has 0 aromatic rings. The van der Waals surface area contributed by atoms with E-state index < -0.39 is 10.4 Å². The summed E-state index contributed by atoms with van der Waals surface area (Å²) in [4.78, 5) is 20.3. The Balaban J connectivity index is 3.30. The molecular formula is C8H14ClNO4. The van der Waals surface area contributed by atoms with Crippen LogP contribution in [0.4, 0.5) is 0 Å². The fourth-order valence-corrected chi connectivity index (χ4v) is 1.12. The minimum Gasteiger partial charge on any atom is -0.469 e. The van der Waals surface area contributed by atoms with Gasteiger partial charge in [-0.2, -0.15) is 0 Å². The number of methoxy groups -OCH3 is 1. The molecule has 0 amide bonds. The van der Waals surface area contributed by atoms with Gasteiger partial charge in [-0.1, -0.05) is 6.42 Å². The summed E-state index contributed by atoms with van der Waals surface area (Å²) in [6, 6.07) is 0. The number of esters is 1. The maximum absolute atomic E-state index is 10.7. The topological polar surface area (TPSA) is 69.4 Å². The Morgan fingerprint density at radius 1 is 1.50 bits per heavy atom. The van der Waals surface area contributed by atoms with Crippen molar-refractivity contribution in [3.05, 3.63) is 10.1 Å². The monoisotopic (exact) mass is 223 g/mol. The number of carbonyl (C=O) groups is 1. The van der Waals surface area contributed by atoms with Crippen molar-refractivity contribution < 1.29 is 14.5 Å². The highest BCUT2D eigenvalue weighted by atomic mass is 35.5. The van der Waals surface area contributed by atoms with Gasteiger partial charge in [0.25, 0.3) is 5.50 Å². The van der Waals surface area contributed by atoms with Gasteiger partial charge in [0.1, 0.15) is 0 Å². The van der Waals surface area contributed by atoms with Crippen molar-refractivity contribution in [3.63, 3.8) is 0 Å². The van der Waals surface area contributed by atoms with Gasteiger partial charge in [0, 0.05) is 17.8 Å². The van der Waals surface area contributed by atoms with E-state index >= 15 is 0 Å². The van der Waals surface area contributed by atoms with Crippen molar-refractivity contribution in [2.45, 2.75) is 37.6 Å². The van der Waals surface area contributed by atoms with Gasteiger partial charge in [0.05, 0.1) is 7.11 Å². The predicted molar refractivity (Wildman–Crippen MR) is 51.7 cm³/mol. The van der Waals surface area contributed by atoms with Gasteiger partial charge >= 0.3 is 5.97 Å². The fourth-order valence-electron chi connectivity index (χ4n) is 0.966. The molecule has 0 aliphatic rings. The smallest absolute Gasteiger partial charge is 0.305 e. The van der Waals surface area contributed by atoms with E-state index in [9.17, 15) is 14.9 Å². The highest BCUT2D eigenvalue weighted by Crippen LogP contribution is 2.10. The highest BCUT2D eigenvalue weighted by molar-refractivity contribution is 6.19. The maximum atomic E-state index is 10.7.